The number of hydrogen-bond donors (Lipinski definition) is 1. The topological polar surface area (TPSA) is 32.7 Å². The van der Waals surface area contributed by atoms with Crippen LogP contribution >= 0.6 is 11.3 Å². The van der Waals surface area contributed by atoms with E-state index in [2.05, 4.69) is 21.7 Å². The molecule has 0 radical (unpaired) electrons. The molecule has 1 aromatic heterocycles. The Bertz CT molecular complexity index is 581. The number of aliphatic hydroxyl groups excluding tert-OH is 1. The summed E-state index contributed by atoms with van der Waals surface area (Å²) in [6.45, 7) is 3.97. The van der Waals surface area contributed by atoms with Gasteiger partial charge in [-0.3, -0.25) is 4.90 Å². The quantitative estimate of drug-likeness (QED) is 0.809. The van der Waals surface area contributed by atoms with Gasteiger partial charge < -0.3 is 9.84 Å². The SMILES string of the molecule is Cc1ccccc1OCC(O)CN(Cc1ccsc1)C1CC1. The minimum Gasteiger partial charge on any atom is -0.491 e. The second-order valence-electron chi connectivity index (χ2n) is 6.02. The molecule has 1 aromatic carbocycles. The standard InChI is InChI=1S/C18H23NO2S/c1-14-4-2-3-5-18(14)21-12-17(20)11-19(16-6-7-16)10-15-8-9-22-13-15/h2-5,8-9,13,16-17,20H,6-7,10-12H2,1H3. The first-order valence-electron chi connectivity index (χ1n) is 7.84. The van der Waals surface area contributed by atoms with Crippen LogP contribution in [0.25, 0.3) is 0 Å². The van der Waals surface area contributed by atoms with E-state index in [-0.39, 0.29) is 0 Å². The molecule has 22 heavy (non-hydrogen) atoms. The molecule has 0 amide bonds. The maximum absolute atomic E-state index is 10.3. The number of aliphatic hydroxyl groups is 1. The van der Waals surface area contributed by atoms with Crippen molar-refractivity contribution in [1.29, 1.82) is 0 Å². The molecule has 1 saturated carbocycles. The van der Waals surface area contributed by atoms with E-state index < -0.39 is 6.10 Å². The number of aryl methyl sites for hydroxylation is 1. The molecule has 118 valence electrons. The molecule has 1 unspecified atom stereocenters. The van der Waals surface area contributed by atoms with Gasteiger partial charge in [0.25, 0.3) is 0 Å². The van der Waals surface area contributed by atoms with Crippen LogP contribution in [-0.2, 0) is 6.54 Å². The fourth-order valence-electron chi connectivity index (χ4n) is 2.63. The zero-order valence-corrected chi connectivity index (χ0v) is 13.8. The Morgan fingerprint density at radius 3 is 2.82 bits per heavy atom. The zero-order chi connectivity index (χ0) is 15.4. The first-order valence-corrected chi connectivity index (χ1v) is 8.78. The summed E-state index contributed by atoms with van der Waals surface area (Å²) in [5, 5.41) is 14.6. The van der Waals surface area contributed by atoms with E-state index in [0.29, 0.717) is 19.2 Å². The van der Waals surface area contributed by atoms with Gasteiger partial charge in [0, 0.05) is 19.1 Å². The Hall–Kier alpha value is -1.36. The van der Waals surface area contributed by atoms with Crippen molar-refractivity contribution in [2.24, 2.45) is 0 Å². The molecular weight excluding hydrogens is 294 g/mol. The first-order chi connectivity index (χ1) is 10.7. The fraction of sp³-hybridized carbons (Fsp3) is 0.444. The van der Waals surface area contributed by atoms with E-state index in [0.717, 1.165) is 17.9 Å². The second kappa shape index (κ2) is 7.27. The van der Waals surface area contributed by atoms with Gasteiger partial charge in [-0.25, -0.2) is 0 Å². The van der Waals surface area contributed by atoms with Crippen LogP contribution in [0.2, 0.25) is 0 Å². The van der Waals surface area contributed by atoms with Crippen LogP contribution in [0, 0.1) is 6.92 Å². The van der Waals surface area contributed by atoms with Crippen LogP contribution in [-0.4, -0.2) is 35.3 Å². The number of benzene rings is 1. The van der Waals surface area contributed by atoms with E-state index >= 15 is 0 Å². The highest BCUT2D eigenvalue weighted by Crippen LogP contribution is 2.29. The molecular formula is C18H23NO2S. The van der Waals surface area contributed by atoms with Gasteiger partial charge in [-0.05, 0) is 53.8 Å². The van der Waals surface area contributed by atoms with Crippen LogP contribution in [0.4, 0.5) is 0 Å². The highest BCUT2D eigenvalue weighted by atomic mass is 32.1. The van der Waals surface area contributed by atoms with Crippen molar-refractivity contribution in [2.45, 2.75) is 38.5 Å². The van der Waals surface area contributed by atoms with Gasteiger partial charge >= 0.3 is 0 Å². The number of thiophene rings is 1. The monoisotopic (exact) mass is 317 g/mol. The summed E-state index contributed by atoms with van der Waals surface area (Å²) in [6, 6.07) is 10.7. The molecule has 0 aliphatic heterocycles. The molecule has 0 bridgehead atoms. The van der Waals surface area contributed by atoms with E-state index in [4.69, 9.17) is 4.74 Å². The molecule has 3 rings (SSSR count). The lowest BCUT2D eigenvalue weighted by Crippen LogP contribution is -2.36. The molecule has 0 spiro atoms. The smallest absolute Gasteiger partial charge is 0.122 e. The summed E-state index contributed by atoms with van der Waals surface area (Å²) < 4.78 is 5.76. The Labute approximate surface area is 136 Å². The van der Waals surface area contributed by atoms with Crippen LogP contribution in [0.5, 0.6) is 5.75 Å². The van der Waals surface area contributed by atoms with E-state index in [1.165, 1.54) is 18.4 Å². The number of rotatable bonds is 8. The van der Waals surface area contributed by atoms with Gasteiger partial charge in [-0.15, -0.1) is 0 Å². The number of nitrogens with zero attached hydrogens (tertiary/aromatic N) is 1. The summed E-state index contributed by atoms with van der Waals surface area (Å²) in [7, 11) is 0. The maximum atomic E-state index is 10.3. The van der Waals surface area contributed by atoms with E-state index in [1.807, 2.05) is 31.2 Å². The highest BCUT2D eigenvalue weighted by Gasteiger charge is 2.30. The van der Waals surface area contributed by atoms with Crippen LogP contribution in [0.1, 0.15) is 24.0 Å². The largest absolute Gasteiger partial charge is 0.491 e. The number of para-hydroxylation sites is 1. The van der Waals surface area contributed by atoms with Crippen molar-refractivity contribution in [3.05, 3.63) is 52.2 Å². The lowest BCUT2D eigenvalue weighted by atomic mass is 10.2. The predicted octanol–water partition coefficient (Wildman–Crippen LogP) is 3.46. The van der Waals surface area contributed by atoms with Gasteiger partial charge in [0.2, 0.25) is 0 Å². The Balaban J connectivity index is 1.51. The van der Waals surface area contributed by atoms with Crippen LogP contribution in [0.15, 0.2) is 41.1 Å². The summed E-state index contributed by atoms with van der Waals surface area (Å²) in [5.41, 5.74) is 2.44. The van der Waals surface area contributed by atoms with Crippen molar-refractivity contribution in [3.63, 3.8) is 0 Å². The molecule has 1 heterocycles. The molecule has 2 aromatic rings. The second-order valence-corrected chi connectivity index (χ2v) is 6.80. The Morgan fingerprint density at radius 2 is 2.14 bits per heavy atom. The molecule has 3 nitrogen and oxygen atoms in total. The summed E-state index contributed by atoms with van der Waals surface area (Å²) in [4.78, 5) is 2.38. The van der Waals surface area contributed by atoms with Gasteiger partial charge in [-0.2, -0.15) is 11.3 Å². The summed E-state index contributed by atoms with van der Waals surface area (Å²) in [6.07, 6.45) is 2.03. The lowest BCUT2D eigenvalue weighted by Gasteiger charge is -2.24. The van der Waals surface area contributed by atoms with Gasteiger partial charge in [0.15, 0.2) is 0 Å². The Morgan fingerprint density at radius 1 is 1.32 bits per heavy atom. The van der Waals surface area contributed by atoms with Crippen LogP contribution in [0.3, 0.4) is 0 Å². The highest BCUT2D eigenvalue weighted by molar-refractivity contribution is 7.07. The van der Waals surface area contributed by atoms with E-state index in [1.54, 1.807) is 11.3 Å². The molecule has 0 saturated heterocycles. The van der Waals surface area contributed by atoms with Gasteiger partial charge in [0.05, 0.1) is 0 Å². The molecule has 1 atom stereocenters. The third-order valence-corrected chi connectivity index (χ3v) is 4.73. The average molecular weight is 317 g/mol. The van der Waals surface area contributed by atoms with Crippen LogP contribution < -0.4 is 4.74 Å². The van der Waals surface area contributed by atoms with Crippen molar-refractivity contribution in [2.75, 3.05) is 13.2 Å². The number of hydrogen-bond acceptors (Lipinski definition) is 4. The molecule has 1 aliphatic carbocycles. The van der Waals surface area contributed by atoms with Gasteiger partial charge in [-0.1, -0.05) is 18.2 Å². The minimum atomic E-state index is -0.459. The third-order valence-electron chi connectivity index (χ3n) is 4.00. The summed E-state index contributed by atoms with van der Waals surface area (Å²) in [5.74, 6) is 0.859. The molecule has 1 N–H and O–H groups in total. The molecule has 1 fully saturated rings. The molecule has 4 heteroatoms. The zero-order valence-electron chi connectivity index (χ0n) is 12.9. The summed E-state index contributed by atoms with van der Waals surface area (Å²) >= 11 is 1.73. The average Bonchev–Trinajstić information content (AvgIpc) is 3.24. The van der Waals surface area contributed by atoms with Gasteiger partial charge in [0.1, 0.15) is 18.5 Å². The van der Waals surface area contributed by atoms with Crippen molar-refractivity contribution < 1.29 is 9.84 Å². The van der Waals surface area contributed by atoms with Crippen molar-refractivity contribution in [1.82, 2.24) is 4.90 Å². The molecule has 1 aliphatic rings. The third kappa shape index (κ3) is 4.32. The maximum Gasteiger partial charge on any atom is 0.122 e. The Kier molecular flexibility index (Phi) is 5.13. The first kappa shape index (κ1) is 15.5. The minimum absolute atomic E-state index is 0.345. The van der Waals surface area contributed by atoms with Crippen molar-refractivity contribution >= 4 is 11.3 Å². The lowest BCUT2D eigenvalue weighted by molar-refractivity contribution is 0.0624. The predicted molar refractivity (Wildman–Crippen MR) is 90.4 cm³/mol. The number of ether oxygens (including phenoxy) is 1. The van der Waals surface area contributed by atoms with E-state index in [9.17, 15) is 5.11 Å². The van der Waals surface area contributed by atoms with Crippen molar-refractivity contribution in [3.8, 4) is 5.75 Å². The normalized spacial score (nSPS) is 16.0. The fourth-order valence-corrected chi connectivity index (χ4v) is 3.29.